The number of ether oxygens (including phenoxy) is 1. The van der Waals surface area contributed by atoms with E-state index in [4.69, 9.17) is 26.1 Å². The smallest absolute Gasteiger partial charge is 0.297 e. The molecule has 0 saturated carbocycles. The molecule has 398 valence electrons. The highest BCUT2D eigenvalue weighted by Gasteiger charge is 2.26. The Morgan fingerprint density at radius 3 is 2.13 bits per heavy atom. The number of fused-ring (bicyclic) bond motifs is 5. The van der Waals surface area contributed by atoms with E-state index in [1.165, 1.54) is 41.7 Å². The number of phenols is 1. The van der Waals surface area contributed by atoms with Gasteiger partial charge in [-0.1, -0.05) is 40.1 Å². The number of rotatable bonds is 16. The SMILES string of the molecule is CS(=O)(=O)O.Cc1cc(N=Nc2c(SOOO)cc3cc(S(=O)(=O)O)c(N=Nc4c(C)c(C#N)c5nc6ccccc6n5c4O)cc3c2O)c(OCCCS(=O)(=O)O)cc1N=Nc1nc2ccc(Cl)c(S(=O)(=O)O)c2s1. The number of nitrogens with zero attached hydrogens (tertiary/aromatic N) is 10. The van der Waals surface area contributed by atoms with Gasteiger partial charge in [-0.3, -0.25) is 22.6 Å². The Balaban J connectivity index is 0.00000160. The van der Waals surface area contributed by atoms with E-state index in [2.05, 4.69) is 50.0 Å². The van der Waals surface area contributed by atoms with Crippen LogP contribution in [0, 0.1) is 25.2 Å². The van der Waals surface area contributed by atoms with Crippen LogP contribution in [0.4, 0.5) is 33.6 Å². The summed E-state index contributed by atoms with van der Waals surface area (Å²) in [7, 11) is -17.9. The fourth-order valence-corrected chi connectivity index (χ4v) is 11.0. The molecule has 7 N–H and O–H groups in total. The van der Waals surface area contributed by atoms with Gasteiger partial charge < -0.3 is 14.9 Å². The predicted octanol–water partition coefficient (Wildman–Crippen LogP) is 10.1. The Hall–Kier alpha value is -6.95. The summed E-state index contributed by atoms with van der Waals surface area (Å²) in [4.78, 5) is 7.14. The highest BCUT2D eigenvalue weighted by molar-refractivity contribution is 7.94. The Morgan fingerprint density at radius 1 is 0.803 bits per heavy atom. The van der Waals surface area contributed by atoms with Crippen LogP contribution in [0.5, 0.6) is 17.4 Å². The zero-order valence-corrected chi connectivity index (χ0v) is 44.0. The second-order valence-corrected chi connectivity index (χ2v) is 23.4. The van der Waals surface area contributed by atoms with Gasteiger partial charge in [0.25, 0.3) is 40.5 Å². The van der Waals surface area contributed by atoms with Crippen molar-refractivity contribution in [3.63, 3.8) is 0 Å². The second kappa shape index (κ2) is 22.3. The van der Waals surface area contributed by atoms with E-state index in [1.807, 2.05) is 6.07 Å². The van der Waals surface area contributed by atoms with E-state index in [0.29, 0.717) is 22.9 Å². The molecule has 0 aliphatic heterocycles. The molecule has 0 spiro atoms. The van der Waals surface area contributed by atoms with Gasteiger partial charge >= 0.3 is 0 Å². The number of benzene rings is 5. The molecule has 0 unspecified atom stereocenters. The van der Waals surface area contributed by atoms with E-state index in [-0.39, 0.29) is 101 Å². The van der Waals surface area contributed by atoms with Crippen molar-refractivity contribution in [1.29, 1.82) is 5.26 Å². The first-order valence-electron chi connectivity index (χ1n) is 20.5. The van der Waals surface area contributed by atoms with Crippen molar-refractivity contribution in [2.45, 2.75) is 35.0 Å². The van der Waals surface area contributed by atoms with Crippen LogP contribution >= 0.6 is 35.0 Å². The maximum absolute atomic E-state index is 12.8. The van der Waals surface area contributed by atoms with E-state index in [0.717, 1.165) is 23.5 Å². The Labute approximate surface area is 441 Å². The maximum atomic E-state index is 12.8. The summed E-state index contributed by atoms with van der Waals surface area (Å²) in [5, 5.41) is 70.4. The molecule has 35 heteroatoms. The summed E-state index contributed by atoms with van der Waals surface area (Å²) < 4.78 is 140. The van der Waals surface area contributed by atoms with Crippen LogP contribution in [-0.2, 0) is 49.8 Å². The monoisotopic (exact) mass is 1180 g/mol. The third kappa shape index (κ3) is 13.0. The normalized spacial score (nSPS) is 12.7. The summed E-state index contributed by atoms with van der Waals surface area (Å²) in [6.45, 7) is 2.73. The van der Waals surface area contributed by atoms with Gasteiger partial charge in [-0.15, -0.1) is 35.0 Å². The third-order valence-corrected chi connectivity index (χ3v) is 14.9. The average molecular weight is 1180 g/mol. The van der Waals surface area contributed by atoms with Crippen LogP contribution in [0.25, 0.3) is 37.7 Å². The topological polar surface area (TPSA) is 434 Å². The van der Waals surface area contributed by atoms with Gasteiger partial charge in [0.05, 0.1) is 67.5 Å². The van der Waals surface area contributed by atoms with Crippen molar-refractivity contribution in [3.05, 3.63) is 88.4 Å². The van der Waals surface area contributed by atoms with Crippen LogP contribution in [0.15, 0.2) is 112 Å². The summed E-state index contributed by atoms with van der Waals surface area (Å²) >= 11 is 7.09. The summed E-state index contributed by atoms with van der Waals surface area (Å²) in [5.74, 6) is -1.99. The van der Waals surface area contributed by atoms with Crippen molar-refractivity contribution in [2.75, 3.05) is 18.6 Å². The van der Waals surface area contributed by atoms with E-state index >= 15 is 0 Å². The number of para-hydroxylation sites is 2. The van der Waals surface area contributed by atoms with Crippen LogP contribution in [0.3, 0.4) is 0 Å². The van der Waals surface area contributed by atoms with Crippen LogP contribution in [0.1, 0.15) is 23.1 Å². The number of imidazole rings is 1. The number of aryl methyl sites for hydroxylation is 1. The lowest BCUT2D eigenvalue weighted by molar-refractivity contribution is -0.432. The molecule has 3 heterocycles. The quantitative estimate of drug-likeness (QED) is 0.0118. The molecule has 0 saturated heterocycles. The summed E-state index contributed by atoms with van der Waals surface area (Å²) in [6, 6.07) is 17.3. The van der Waals surface area contributed by atoms with E-state index in [9.17, 15) is 62.8 Å². The largest absolute Gasteiger partial charge is 0.505 e. The zero-order chi connectivity index (χ0) is 55.7. The number of hydrogen-bond acceptors (Lipinski definition) is 25. The van der Waals surface area contributed by atoms with Gasteiger partial charge in [0.1, 0.15) is 44.2 Å². The van der Waals surface area contributed by atoms with Crippen LogP contribution in [0.2, 0.25) is 5.02 Å². The standard InChI is InChI=1S/C40H29ClN10O15S5.CH4O3S/c1-18-12-27(30(64-10-5-11-69(55,56)57)16-26(18)45-50-40-44-25-9-8-23(41)37(36(25)67-40)71(61,62)63)46-49-34-31(68-66-65-54)13-20-14-32(70(58,59)60)28(15-21(20)35(34)52)47-48-33-19(2)22(17-42)38-43-24-6-3-4-7-29(24)51(38)39(33)53;1-5(2,3)4/h3-4,6-9,12-16,52-54H,5,10-11H2,1-2H3,(H,55,56,57)(H,58,59,60)(H,61,62,63);1H3,(H,2,3,4). The lowest BCUT2D eigenvalue weighted by atomic mass is 10.1. The van der Waals surface area contributed by atoms with Gasteiger partial charge in [-0.05, 0) is 79.7 Å². The lowest BCUT2D eigenvalue weighted by Gasteiger charge is -2.13. The van der Waals surface area contributed by atoms with E-state index in [1.54, 1.807) is 31.2 Å². The Bertz CT molecular complexity index is 4270. The molecule has 0 aliphatic rings. The minimum absolute atomic E-state index is 0.0115. The minimum atomic E-state index is -5.11. The van der Waals surface area contributed by atoms with Crippen LogP contribution in [-0.4, -0.2) is 100 Å². The molecule has 0 aliphatic carbocycles. The highest BCUT2D eigenvalue weighted by Crippen LogP contribution is 2.48. The zero-order valence-electron chi connectivity index (χ0n) is 38.4. The van der Waals surface area contributed by atoms with Gasteiger partial charge in [0.2, 0.25) is 11.0 Å². The molecule has 8 rings (SSSR count). The molecule has 3 aromatic heterocycles. The average Bonchev–Trinajstić information content (AvgIpc) is 3.93. The number of hydrogen-bond donors (Lipinski definition) is 7. The molecule has 5 aromatic carbocycles. The maximum Gasteiger partial charge on any atom is 0.297 e. The van der Waals surface area contributed by atoms with Crippen LogP contribution < -0.4 is 4.74 Å². The van der Waals surface area contributed by atoms with Crippen molar-refractivity contribution >= 4 is 147 Å². The number of nitriles is 1. The molecular formula is C41H33ClN10O18S6. The fourth-order valence-electron chi connectivity index (χ4n) is 6.99. The number of aromatic hydroxyl groups is 2. The van der Waals surface area contributed by atoms with Gasteiger partial charge in [-0.2, -0.15) is 38.9 Å². The number of halogens is 1. The first kappa shape index (κ1) is 56.8. The molecule has 8 aromatic rings. The third-order valence-electron chi connectivity index (χ3n) is 10.2. The first-order chi connectivity index (χ1) is 35.6. The Kier molecular flexibility index (Phi) is 16.7. The molecule has 0 amide bonds. The minimum Gasteiger partial charge on any atom is -0.505 e. The number of thiazole rings is 1. The molecule has 28 nitrogen and oxygen atoms in total. The van der Waals surface area contributed by atoms with Crippen molar-refractivity contribution in [3.8, 4) is 23.4 Å². The second-order valence-electron chi connectivity index (χ2n) is 15.5. The molecule has 0 fully saturated rings. The van der Waals surface area contributed by atoms with Gasteiger partial charge in [0, 0.05) is 17.0 Å². The highest BCUT2D eigenvalue weighted by atomic mass is 35.5. The molecule has 0 radical (unpaired) electrons. The molecule has 76 heavy (non-hydrogen) atoms. The number of azo groups is 3. The molecule has 0 bridgehead atoms. The van der Waals surface area contributed by atoms with E-state index < -0.39 is 79.0 Å². The Morgan fingerprint density at radius 2 is 1.47 bits per heavy atom. The van der Waals surface area contributed by atoms with Gasteiger partial charge in [0.15, 0.2) is 17.1 Å². The summed E-state index contributed by atoms with van der Waals surface area (Å²) in [5.41, 5.74) is 0.446. The first-order valence-corrected chi connectivity index (χ1v) is 28.8. The molecular weight excluding hydrogens is 1150 g/mol. The van der Waals surface area contributed by atoms with Crippen molar-refractivity contribution in [2.24, 2.45) is 30.7 Å². The number of phenolic OH excluding ortho intramolecular Hbond substituents is 1. The number of aromatic nitrogens is 3. The lowest BCUT2D eigenvalue weighted by Crippen LogP contribution is -2.08. The number of pyridine rings is 1. The predicted molar refractivity (Wildman–Crippen MR) is 272 cm³/mol. The molecule has 0 atom stereocenters. The van der Waals surface area contributed by atoms with Crippen molar-refractivity contribution < 1.29 is 81.5 Å². The summed E-state index contributed by atoms with van der Waals surface area (Å²) in [6.07, 6.45) is 0.515. The van der Waals surface area contributed by atoms with Gasteiger partial charge in [-0.25, -0.2) is 15.2 Å². The fraction of sp³-hybridized carbons (Fsp3) is 0.146. The van der Waals surface area contributed by atoms with Crippen molar-refractivity contribution in [1.82, 2.24) is 14.4 Å².